The van der Waals surface area contributed by atoms with Crippen LogP contribution in [0.1, 0.15) is 0 Å². The first-order chi connectivity index (χ1) is 8.13. The van der Waals surface area contributed by atoms with E-state index < -0.39 is 5.69 Å². The van der Waals surface area contributed by atoms with Gasteiger partial charge in [-0.1, -0.05) is 12.1 Å². The molecule has 1 aromatic heterocycles. The first-order valence-corrected chi connectivity index (χ1v) is 5.07. The quantitative estimate of drug-likeness (QED) is 0.831. The zero-order valence-corrected chi connectivity index (χ0v) is 9.56. The molecule has 0 fully saturated rings. The predicted molar refractivity (Wildman–Crippen MR) is 64.3 cm³/mol. The molecule has 0 bridgehead atoms. The van der Waals surface area contributed by atoms with Crippen molar-refractivity contribution in [1.29, 1.82) is 0 Å². The number of methoxy groups -OCH3 is 1. The summed E-state index contributed by atoms with van der Waals surface area (Å²) in [5.41, 5.74) is 0.341. The van der Waals surface area contributed by atoms with Crippen LogP contribution in [-0.4, -0.2) is 16.7 Å². The summed E-state index contributed by atoms with van der Waals surface area (Å²) in [6.45, 7) is 0. The van der Waals surface area contributed by atoms with Gasteiger partial charge in [0, 0.05) is 18.7 Å². The van der Waals surface area contributed by atoms with E-state index in [4.69, 9.17) is 4.74 Å². The fourth-order valence-corrected chi connectivity index (χ4v) is 1.57. The highest BCUT2D eigenvalue weighted by atomic mass is 16.5. The first kappa shape index (κ1) is 11.2. The minimum Gasteiger partial charge on any atom is -0.496 e. The number of aromatic amines is 1. The van der Waals surface area contributed by atoms with Crippen LogP contribution in [0.15, 0.2) is 39.9 Å². The SMILES string of the molecule is COc1ccccc1-c1cc(=O)n(C)c(=O)[nH]1. The molecule has 0 radical (unpaired) electrons. The van der Waals surface area contributed by atoms with Crippen molar-refractivity contribution in [3.63, 3.8) is 0 Å². The van der Waals surface area contributed by atoms with Crippen LogP contribution in [0.3, 0.4) is 0 Å². The van der Waals surface area contributed by atoms with Gasteiger partial charge in [-0.3, -0.25) is 9.36 Å². The van der Waals surface area contributed by atoms with E-state index in [2.05, 4.69) is 4.98 Å². The van der Waals surface area contributed by atoms with Gasteiger partial charge in [-0.15, -0.1) is 0 Å². The molecule has 17 heavy (non-hydrogen) atoms. The van der Waals surface area contributed by atoms with Gasteiger partial charge in [-0.25, -0.2) is 4.79 Å². The molecule has 1 N–H and O–H groups in total. The second-order valence-corrected chi connectivity index (χ2v) is 3.59. The fourth-order valence-electron chi connectivity index (χ4n) is 1.57. The maximum Gasteiger partial charge on any atom is 0.328 e. The summed E-state index contributed by atoms with van der Waals surface area (Å²) >= 11 is 0. The van der Waals surface area contributed by atoms with Crippen LogP contribution < -0.4 is 16.0 Å². The lowest BCUT2D eigenvalue weighted by atomic mass is 10.1. The van der Waals surface area contributed by atoms with E-state index in [0.29, 0.717) is 17.0 Å². The van der Waals surface area contributed by atoms with E-state index >= 15 is 0 Å². The molecule has 88 valence electrons. The van der Waals surface area contributed by atoms with Gasteiger partial charge in [0.25, 0.3) is 5.56 Å². The Bertz CT molecular complexity index is 624. The maximum atomic E-state index is 11.5. The van der Waals surface area contributed by atoms with Crippen LogP contribution in [0.25, 0.3) is 11.3 Å². The molecule has 0 unspecified atom stereocenters. The molecule has 0 saturated heterocycles. The van der Waals surface area contributed by atoms with Crippen molar-refractivity contribution in [2.24, 2.45) is 7.05 Å². The van der Waals surface area contributed by atoms with Gasteiger partial charge >= 0.3 is 5.69 Å². The van der Waals surface area contributed by atoms with Crippen molar-refractivity contribution < 1.29 is 4.74 Å². The lowest BCUT2D eigenvalue weighted by Crippen LogP contribution is -2.32. The molecule has 0 aliphatic heterocycles. The average molecular weight is 232 g/mol. The summed E-state index contributed by atoms with van der Waals surface area (Å²) < 4.78 is 6.19. The molecule has 0 spiro atoms. The zero-order valence-electron chi connectivity index (χ0n) is 9.56. The van der Waals surface area contributed by atoms with Gasteiger partial charge < -0.3 is 9.72 Å². The molecular weight excluding hydrogens is 220 g/mol. The number of hydrogen-bond acceptors (Lipinski definition) is 3. The van der Waals surface area contributed by atoms with E-state index in [-0.39, 0.29) is 5.56 Å². The summed E-state index contributed by atoms with van der Waals surface area (Å²) in [5.74, 6) is 0.608. The standard InChI is InChI=1S/C12H12N2O3/c1-14-11(15)7-9(13-12(14)16)8-5-3-4-6-10(8)17-2/h3-7H,1-2H3,(H,13,16). The molecule has 0 saturated carbocycles. The molecule has 0 aliphatic rings. The van der Waals surface area contributed by atoms with Crippen LogP contribution in [0.2, 0.25) is 0 Å². The average Bonchev–Trinajstić information content (AvgIpc) is 2.35. The number of rotatable bonds is 2. The topological polar surface area (TPSA) is 64.1 Å². The van der Waals surface area contributed by atoms with E-state index in [1.807, 2.05) is 12.1 Å². The van der Waals surface area contributed by atoms with E-state index in [9.17, 15) is 9.59 Å². The van der Waals surface area contributed by atoms with Crippen molar-refractivity contribution in [3.05, 3.63) is 51.2 Å². The Balaban J connectivity index is 2.69. The summed E-state index contributed by atoms with van der Waals surface area (Å²) in [5, 5.41) is 0. The summed E-state index contributed by atoms with van der Waals surface area (Å²) in [6.07, 6.45) is 0. The molecule has 0 amide bonds. The molecule has 5 nitrogen and oxygen atoms in total. The Morgan fingerprint density at radius 1 is 1.24 bits per heavy atom. The van der Waals surface area contributed by atoms with Gasteiger partial charge in [-0.05, 0) is 12.1 Å². The number of nitrogens with zero attached hydrogens (tertiary/aromatic N) is 1. The van der Waals surface area contributed by atoms with Gasteiger partial charge in [0.2, 0.25) is 0 Å². The predicted octanol–water partition coefficient (Wildman–Crippen LogP) is 0.749. The van der Waals surface area contributed by atoms with E-state index in [1.165, 1.54) is 20.2 Å². The number of hydrogen-bond donors (Lipinski definition) is 1. The van der Waals surface area contributed by atoms with Crippen molar-refractivity contribution >= 4 is 0 Å². The Labute approximate surface area is 97.3 Å². The van der Waals surface area contributed by atoms with Gasteiger partial charge in [-0.2, -0.15) is 0 Å². The summed E-state index contributed by atoms with van der Waals surface area (Å²) in [6, 6.07) is 8.56. The molecule has 5 heteroatoms. The normalized spacial score (nSPS) is 10.2. The van der Waals surface area contributed by atoms with Gasteiger partial charge in [0.05, 0.1) is 12.8 Å². The van der Waals surface area contributed by atoms with Crippen LogP contribution in [-0.2, 0) is 7.05 Å². The Hall–Kier alpha value is -2.30. The Morgan fingerprint density at radius 2 is 1.94 bits per heavy atom. The number of nitrogens with one attached hydrogen (secondary N) is 1. The van der Waals surface area contributed by atoms with Crippen molar-refractivity contribution in [1.82, 2.24) is 9.55 Å². The third-order valence-corrected chi connectivity index (χ3v) is 2.54. The molecule has 1 aromatic carbocycles. The van der Waals surface area contributed by atoms with Gasteiger partial charge in [0.1, 0.15) is 5.75 Å². The molecule has 2 rings (SSSR count). The van der Waals surface area contributed by atoms with Crippen molar-refractivity contribution in [2.45, 2.75) is 0 Å². The largest absolute Gasteiger partial charge is 0.496 e. The number of aromatic nitrogens is 2. The first-order valence-electron chi connectivity index (χ1n) is 5.07. The molecule has 1 heterocycles. The van der Waals surface area contributed by atoms with Crippen molar-refractivity contribution in [3.8, 4) is 17.0 Å². The number of H-pyrrole nitrogens is 1. The minimum atomic E-state index is -0.446. The number of benzene rings is 1. The maximum absolute atomic E-state index is 11.5. The van der Waals surface area contributed by atoms with Crippen LogP contribution in [0, 0.1) is 0 Å². The van der Waals surface area contributed by atoms with Crippen LogP contribution >= 0.6 is 0 Å². The third-order valence-electron chi connectivity index (χ3n) is 2.54. The fraction of sp³-hybridized carbons (Fsp3) is 0.167. The third kappa shape index (κ3) is 1.99. The van der Waals surface area contributed by atoms with Crippen LogP contribution in [0.5, 0.6) is 5.75 Å². The molecular formula is C12H12N2O3. The number of ether oxygens (including phenoxy) is 1. The highest BCUT2D eigenvalue weighted by molar-refractivity contribution is 5.66. The Morgan fingerprint density at radius 3 is 2.59 bits per heavy atom. The second kappa shape index (κ2) is 4.29. The molecule has 0 aliphatic carbocycles. The number of para-hydroxylation sites is 1. The summed E-state index contributed by atoms with van der Waals surface area (Å²) in [4.78, 5) is 25.7. The summed E-state index contributed by atoms with van der Waals surface area (Å²) in [7, 11) is 2.96. The highest BCUT2D eigenvalue weighted by Gasteiger charge is 2.07. The zero-order chi connectivity index (χ0) is 12.4. The Kier molecular flexibility index (Phi) is 2.82. The van der Waals surface area contributed by atoms with Gasteiger partial charge in [0.15, 0.2) is 0 Å². The lowest BCUT2D eigenvalue weighted by molar-refractivity contribution is 0.416. The molecule has 2 aromatic rings. The van der Waals surface area contributed by atoms with Crippen LogP contribution in [0.4, 0.5) is 0 Å². The van der Waals surface area contributed by atoms with E-state index in [0.717, 1.165) is 4.57 Å². The molecule has 0 atom stereocenters. The van der Waals surface area contributed by atoms with E-state index in [1.54, 1.807) is 12.1 Å². The minimum absolute atomic E-state index is 0.352. The van der Waals surface area contributed by atoms with Crippen molar-refractivity contribution in [2.75, 3.05) is 7.11 Å². The lowest BCUT2D eigenvalue weighted by Gasteiger charge is -2.08. The smallest absolute Gasteiger partial charge is 0.328 e. The second-order valence-electron chi connectivity index (χ2n) is 3.59. The highest BCUT2D eigenvalue weighted by Crippen LogP contribution is 2.26. The monoisotopic (exact) mass is 232 g/mol.